The summed E-state index contributed by atoms with van der Waals surface area (Å²) in [5.74, 6) is 0. The number of hydrogen-bond donors (Lipinski definition) is 1. The van der Waals surface area contributed by atoms with Crippen LogP contribution in [0.1, 0.15) is 96.8 Å². The fraction of sp³-hybridized carbons (Fsp3) is 0.696. The Balaban J connectivity index is 1.77. The zero-order valence-corrected chi connectivity index (χ0v) is 18.4. The molecule has 0 bridgehead atoms. The quantitative estimate of drug-likeness (QED) is 0.173. The van der Waals surface area contributed by atoms with E-state index < -0.39 is 0 Å². The summed E-state index contributed by atoms with van der Waals surface area (Å²) < 4.78 is 0.894. The van der Waals surface area contributed by atoms with Crippen LogP contribution in [0.3, 0.4) is 0 Å². The van der Waals surface area contributed by atoms with Gasteiger partial charge in [0, 0.05) is 11.4 Å². The number of nitrogens with one attached hydrogen (secondary N) is 1. The van der Waals surface area contributed by atoms with Crippen molar-refractivity contribution in [1.29, 1.82) is 0 Å². The van der Waals surface area contributed by atoms with Crippen LogP contribution in [0.2, 0.25) is 0 Å². The van der Waals surface area contributed by atoms with Crippen LogP contribution in [-0.4, -0.2) is 10.9 Å². The maximum atomic E-state index is 5.39. The van der Waals surface area contributed by atoms with Gasteiger partial charge in [0.1, 0.15) is 4.32 Å². The Morgan fingerprint density at radius 1 is 0.731 bits per heavy atom. The van der Waals surface area contributed by atoms with Gasteiger partial charge < -0.3 is 5.32 Å². The molecule has 148 valence electrons. The van der Waals surface area contributed by atoms with Crippen molar-refractivity contribution < 1.29 is 0 Å². The van der Waals surface area contributed by atoms with Crippen molar-refractivity contribution in [2.45, 2.75) is 102 Å². The van der Waals surface area contributed by atoms with Gasteiger partial charge in [0.05, 0.1) is 0 Å². The van der Waals surface area contributed by atoms with E-state index in [-0.39, 0.29) is 0 Å². The topological polar surface area (TPSA) is 12.0 Å². The third kappa shape index (κ3) is 14.6. The first-order valence-corrected chi connectivity index (χ1v) is 12.1. The standard InChI is InChI=1S/C23H39NS2/c1-2-3-4-5-6-7-8-9-10-11-12-13-14-18-21-24-23(25)26-22-19-16-15-17-20-22/h15-17,19-20H,2-14,18,21H2,1H3,(H,24,25). The van der Waals surface area contributed by atoms with Crippen LogP contribution < -0.4 is 5.32 Å². The molecule has 1 N–H and O–H groups in total. The van der Waals surface area contributed by atoms with E-state index >= 15 is 0 Å². The minimum Gasteiger partial charge on any atom is -0.371 e. The summed E-state index contributed by atoms with van der Waals surface area (Å²) >= 11 is 7.04. The summed E-state index contributed by atoms with van der Waals surface area (Å²) in [5.41, 5.74) is 0. The molecular weight excluding hydrogens is 354 g/mol. The van der Waals surface area contributed by atoms with Crippen molar-refractivity contribution in [3.63, 3.8) is 0 Å². The molecule has 0 heterocycles. The lowest BCUT2D eigenvalue weighted by molar-refractivity contribution is 0.535. The van der Waals surface area contributed by atoms with Gasteiger partial charge in [-0.05, 0) is 18.6 Å². The highest BCUT2D eigenvalue weighted by Crippen LogP contribution is 2.18. The Bertz CT molecular complexity index is 433. The number of rotatable bonds is 16. The summed E-state index contributed by atoms with van der Waals surface area (Å²) in [6.45, 7) is 3.30. The van der Waals surface area contributed by atoms with Gasteiger partial charge in [0.2, 0.25) is 0 Å². The predicted molar refractivity (Wildman–Crippen MR) is 123 cm³/mol. The van der Waals surface area contributed by atoms with Crippen molar-refractivity contribution in [2.75, 3.05) is 6.54 Å². The first kappa shape index (κ1) is 23.5. The van der Waals surface area contributed by atoms with Gasteiger partial charge >= 0.3 is 0 Å². The van der Waals surface area contributed by atoms with Gasteiger partial charge in [0.15, 0.2) is 0 Å². The summed E-state index contributed by atoms with van der Waals surface area (Å²) in [6.07, 6.45) is 19.7. The molecule has 0 radical (unpaired) electrons. The van der Waals surface area contributed by atoms with Crippen molar-refractivity contribution in [3.8, 4) is 0 Å². The summed E-state index contributed by atoms with van der Waals surface area (Å²) in [5, 5.41) is 3.37. The Kier molecular flexibility index (Phi) is 16.1. The molecule has 0 aliphatic rings. The van der Waals surface area contributed by atoms with Crippen LogP contribution in [-0.2, 0) is 0 Å². The number of unbranched alkanes of at least 4 members (excludes halogenated alkanes) is 13. The van der Waals surface area contributed by atoms with E-state index in [9.17, 15) is 0 Å². The van der Waals surface area contributed by atoms with E-state index in [0.717, 1.165) is 10.9 Å². The largest absolute Gasteiger partial charge is 0.371 e. The maximum Gasteiger partial charge on any atom is 0.138 e. The molecule has 0 fully saturated rings. The molecule has 0 atom stereocenters. The highest BCUT2D eigenvalue weighted by Gasteiger charge is 1.99. The van der Waals surface area contributed by atoms with Crippen LogP contribution >= 0.6 is 24.0 Å². The van der Waals surface area contributed by atoms with Crippen molar-refractivity contribution in [2.24, 2.45) is 0 Å². The third-order valence-electron chi connectivity index (χ3n) is 4.75. The molecule has 1 nitrogen and oxygen atoms in total. The van der Waals surface area contributed by atoms with Gasteiger partial charge in [-0.15, -0.1) is 0 Å². The second kappa shape index (κ2) is 17.9. The molecule has 0 aliphatic heterocycles. The minimum atomic E-state index is 0.894. The second-order valence-electron chi connectivity index (χ2n) is 7.23. The smallest absolute Gasteiger partial charge is 0.138 e. The first-order chi connectivity index (χ1) is 12.8. The Morgan fingerprint density at radius 3 is 1.69 bits per heavy atom. The average Bonchev–Trinajstić information content (AvgIpc) is 2.65. The zero-order chi connectivity index (χ0) is 18.7. The lowest BCUT2D eigenvalue weighted by Gasteiger charge is -2.07. The van der Waals surface area contributed by atoms with Crippen LogP contribution in [0.15, 0.2) is 35.2 Å². The van der Waals surface area contributed by atoms with Gasteiger partial charge in [-0.3, -0.25) is 0 Å². The fourth-order valence-electron chi connectivity index (χ4n) is 3.14. The molecule has 0 unspecified atom stereocenters. The number of thioether (sulfide) groups is 1. The van der Waals surface area contributed by atoms with E-state index in [1.54, 1.807) is 11.8 Å². The molecule has 0 aliphatic carbocycles. The maximum absolute atomic E-state index is 5.39. The van der Waals surface area contributed by atoms with Gasteiger partial charge in [-0.25, -0.2) is 0 Å². The van der Waals surface area contributed by atoms with E-state index in [1.807, 2.05) is 6.07 Å². The highest BCUT2D eigenvalue weighted by atomic mass is 32.2. The lowest BCUT2D eigenvalue weighted by Crippen LogP contribution is -2.19. The van der Waals surface area contributed by atoms with E-state index in [1.165, 1.54) is 94.8 Å². The third-order valence-corrected chi connectivity index (χ3v) is 5.99. The van der Waals surface area contributed by atoms with E-state index in [0.29, 0.717) is 0 Å². The Labute approximate surface area is 172 Å². The molecule has 0 aromatic heterocycles. The molecule has 1 rings (SSSR count). The predicted octanol–water partition coefficient (Wildman–Crippen LogP) is 8.13. The van der Waals surface area contributed by atoms with Crippen LogP contribution in [0, 0.1) is 0 Å². The monoisotopic (exact) mass is 393 g/mol. The van der Waals surface area contributed by atoms with Gasteiger partial charge in [-0.2, -0.15) is 0 Å². The molecule has 26 heavy (non-hydrogen) atoms. The van der Waals surface area contributed by atoms with Crippen LogP contribution in [0.4, 0.5) is 0 Å². The molecular formula is C23H39NS2. The van der Waals surface area contributed by atoms with E-state index in [2.05, 4.69) is 36.5 Å². The van der Waals surface area contributed by atoms with Crippen LogP contribution in [0.25, 0.3) is 0 Å². The van der Waals surface area contributed by atoms with Crippen molar-refractivity contribution in [1.82, 2.24) is 5.32 Å². The highest BCUT2D eigenvalue weighted by molar-refractivity contribution is 8.23. The van der Waals surface area contributed by atoms with Gasteiger partial charge in [-0.1, -0.05) is 133 Å². The summed E-state index contributed by atoms with van der Waals surface area (Å²) in [4.78, 5) is 1.21. The number of hydrogen-bond acceptors (Lipinski definition) is 2. The van der Waals surface area contributed by atoms with Crippen molar-refractivity contribution >= 4 is 28.3 Å². The molecule has 1 aromatic carbocycles. The van der Waals surface area contributed by atoms with Gasteiger partial charge in [0.25, 0.3) is 0 Å². The SMILES string of the molecule is CCCCCCCCCCCCCCCCNC(=S)Sc1ccccc1. The normalized spacial score (nSPS) is 10.8. The summed E-state index contributed by atoms with van der Waals surface area (Å²) in [7, 11) is 0. The zero-order valence-electron chi connectivity index (χ0n) is 16.8. The molecule has 3 heteroatoms. The van der Waals surface area contributed by atoms with E-state index in [4.69, 9.17) is 12.2 Å². The Hall–Kier alpha value is -0.540. The summed E-state index contributed by atoms with van der Waals surface area (Å²) in [6, 6.07) is 10.3. The molecule has 1 aromatic rings. The molecule has 0 saturated carbocycles. The lowest BCUT2D eigenvalue weighted by atomic mass is 10.0. The molecule has 0 saturated heterocycles. The Morgan fingerprint density at radius 2 is 1.19 bits per heavy atom. The average molecular weight is 394 g/mol. The molecule has 0 amide bonds. The number of benzene rings is 1. The minimum absolute atomic E-state index is 0.894. The van der Waals surface area contributed by atoms with Crippen molar-refractivity contribution in [3.05, 3.63) is 30.3 Å². The molecule has 0 spiro atoms. The fourth-order valence-corrected chi connectivity index (χ4v) is 4.21. The number of thiocarbonyl (C=S) groups is 1. The first-order valence-electron chi connectivity index (χ1n) is 10.8. The second-order valence-corrected chi connectivity index (χ2v) is 8.98. The van der Waals surface area contributed by atoms with Crippen LogP contribution in [0.5, 0.6) is 0 Å².